The van der Waals surface area contributed by atoms with Crippen molar-refractivity contribution in [2.45, 2.75) is 17.8 Å². The van der Waals surface area contributed by atoms with Crippen LogP contribution in [0.15, 0.2) is 30.3 Å². The number of benzene rings is 1. The molecular formula is C13H15NO5. The first-order valence-electron chi connectivity index (χ1n) is 5.77. The van der Waals surface area contributed by atoms with Gasteiger partial charge in [0, 0.05) is 5.52 Å². The Balaban J connectivity index is 2.48. The fraction of sp³-hybridized carbons (Fsp3) is 0.308. The van der Waals surface area contributed by atoms with Crippen molar-refractivity contribution in [3.8, 4) is 0 Å². The van der Waals surface area contributed by atoms with E-state index in [2.05, 4.69) is 4.98 Å². The van der Waals surface area contributed by atoms with Gasteiger partial charge in [-0.1, -0.05) is 18.2 Å². The van der Waals surface area contributed by atoms with Crippen LogP contribution in [0.1, 0.15) is 5.69 Å². The Bertz CT molecular complexity index is 548. The van der Waals surface area contributed by atoms with Crippen LogP contribution in [0.25, 0.3) is 10.9 Å². The molecule has 2 rings (SSSR count). The lowest BCUT2D eigenvalue weighted by molar-refractivity contribution is -0.156. The zero-order valence-corrected chi connectivity index (χ0v) is 10.0. The second kappa shape index (κ2) is 5.10. The molecule has 0 radical (unpaired) electrons. The summed E-state index contributed by atoms with van der Waals surface area (Å²) in [5, 5.41) is 39.0. The van der Waals surface area contributed by atoms with Gasteiger partial charge in [0.2, 0.25) is 0 Å². The summed E-state index contributed by atoms with van der Waals surface area (Å²) in [6.45, 7) is -0.766. The number of para-hydroxylation sites is 1. The standard InChI is InChI=1S/C13H15NO5/c15-6-10(17)12(18)13(19,7-16)11-5-8-3-1-2-4-9(8)14-11/h1-5,7,10,12,14-15,17-19H,6H2/t10-,12-,13-/m1/s1. The smallest absolute Gasteiger partial charge is 0.188 e. The molecule has 0 bridgehead atoms. The first-order chi connectivity index (χ1) is 9.02. The summed E-state index contributed by atoms with van der Waals surface area (Å²) in [5.41, 5.74) is -1.56. The molecule has 1 heterocycles. The van der Waals surface area contributed by atoms with Gasteiger partial charge in [-0.25, -0.2) is 0 Å². The molecule has 0 aliphatic heterocycles. The largest absolute Gasteiger partial charge is 0.394 e. The number of aromatic nitrogens is 1. The molecule has 0 unspecified atom stereocenters. The van der Waals surface area contributed by atoms with Crippen molar-refractivity contribution in [2.24, 2.45) is 0 Å². The number of aldehydes is 1. The Labute approximate surface area is 108 Å². The van der Waals surface area contributed by atoms with Crippen LogP contribution < -0.4 is 0 Å². The van der Waals surface area contributed by atoms with Crippen molar-refractivity contribution < 1.29 is 25.2 Å². The van der Waals surface area contributed by atoms with Gasteiger partial charge < -0.3 is 25.4 Å². The van der Waals surface area contributed by atoms with Gasteiger partial charge in [0.15, 0.2) is 11.9 Å². The van der Waals surface area contributed by atoms with Crippen LogP contribution in [-0.4, -0.2) is 50.5 Å². The molecule has 0 saturated carbocycles. The molecule has 5 N–H and O–H groups in total. The van der Waals surface area contributed by atoms with Gasteiger partial charge in [-0.2, -0.15) is 0 Å². The summed E-state index contributed by atoms with van der Waals surface area (Å²) < 4.78 is 0. The Morgan fingerprint density at radius 2 is 2.00 bits per heavy atom. The Hall–Kier alpha value is -1.73. The van der Waals surface area contributed by atoms with Gasteiger partial charge in [0.25, 0.3) is 0 Å². The van der Waals surface area contributed by atoms with Crippen LogP contribution in [0.5, 0.6) is 0 Å². The van der Waals surface area contributed by atoms with Gasteiger partial charge in [-0.3, -0.25) is 4.79 Å². The maximum Gasteiger partial charge on any atom is 0.188 e. The molecule has 6 nitrogen and oxygen atoms in total. The average molecular weight is 265 g/mol. The van der Waals surface area contributed by atoms with E-state index in [0.717, 1.165) is 5.39 Å². The van der Waals surface area contributed by atoms with E-state index in [9.17, 15) is 20.1 Å². The third-order valence-corrected chi connectivity index (χ3v) is 3.14. The molecule has 0 saturated heterocycles. The number of aliphatic hydroxyl groups excluding tert-OH is 3. The van der Waals surface area contributed by atoms with Gasteiger partial charge in [-0.15, -0.1) is 0 Å². The minimum atomic E-state index is -2.30. The van der Waals surface area contributed by atoms with Gasteiger partial charge >= 0.3 is 0 Å². The molecule has 0 amide bonds. The maximum atomic E-state index is 11.1. The number of carbonyl (C=O) groups excluding carboxylic acids is 1. The quantitative estimate of drug-likeness (QED) is 0.457. The summed E-state index contributed by atoms with van der Waals surface area (Å²) >= 11 is 0. The van der Waals surface area contributed by atoms with E-state index in [0.29, 0.717) is 5.52 Å². The predicted octanol–water partition coefficient (Wildman–Crippen LogP) is -0.732. The van der Waals surface area contributed by atoms with Crippen molar-refractivity contribution in [1.82, 2.24) is 4.98 Å². The number of nitrogens with one attached hydrogen (secondary N) is 1. The lowest BCUT2D eigenvalue weighted by atomic mass is 9.91. The number of rotatable bonds is 5. The van der Waals surface area contributed by atoms with E-state index in [1.807, 2.05) is 0 Å². The fourth-order valence-electron chi connectivity index (χ4n) is 1.97. The van der Waals surface area contributed by atoms with Crippen molar-refractivity contribution >= 4 is 17.2 Å². The van der Waals surface area contributed by atoms with Gasteiger partial charge in [0.05, 0.1) is 12.3 Å². The molecule has 102 valence electrons. The number of aliphatic hydroxyl groups is 4. The summed E-state index contributed by atoms with van der Waals surface area (Å²) in [5.74, 6) is 0. The first kappa shape index (κ1) is 13.7. The molecular weight excluding hydrogens is 250 g/mol. The fourth-order valence-corrected chi connectivity index (χ4v) is 1.97. The second-order valence-electron chi connectivity index (χ2n) is 4.41. The minimum Gasteiger partial charge on any atom is -0.394 e. The van der Waals surface area contributed by atoms with Crippen molar-refractivity contribution in [3.63, 3.8) is 0 Å². The number of hydrogen-bond donors (Lipinski definition) is 5. The van der Waals surface area contributed by atoms with Crippen LogP contribution in [0, 0.1) is 0 Å². The molecule has 2 aromatic rings. The van der Waals surface area contributed by atoms with E-state index < -0.39 is 24.4 Å². The van der Waals surface area contributed by atoms with Crippen LogP contribution in [0.3, 0.4) is 0 Å². The topological polar surface area (TPSA) is 114 Å². The molecule has 1 aromatic heterocycles. The second-order valence-corrected chi connectivity index (χ2v) is 4.41. The molecule has 19 heavy (non-hydrogen) atoms. The summed E-state index contributed by atoms with van der Waals surface area (Å²) in [4.78, 5) is 14.0. The molecule has 1 aromatic carbocycles. The van der Waals surface area contributed by atoms with E-state index in [4.69, 9.17) is 5.11 Å². The molecule has 3 atom stereocenters. The summed E-state index contributed by atoms with van der Waals surface area (Å²) in [7, 11) is 0. The zero-order valence-electron chi connectivity index (χ0n) is 10.0. The first-order valence-corrected chi connectivity index (χ1v) is 5.77. The van der Waals surface area contributed by atoms with Crippen LogP contribution in [0.2, 0.25) is 0 Å². The SMILES string of the molecule is O=C[C@@](O)(c1cc2ccccc2[nH]1)[C@H](O)[C@H](O)CO. The third-order valence-electron chi connectivity index (χ3n) is 3.14. The predicted molar refractivity (Wildman–Crippen MR) is 67.4 cm³/mol. The van der Waals surface area contributed by atoms with E-state index in [-0.39, 0.29) is 12.0 Å². The van der Waals surface area contributed by atoms with Gasteiger partial charge in [-0.05, 0) is 17.5 Å². The number of H-pyrrole nitrogens is 1. The minimum absolute atomic E-state index is 0.0590. The molecule has 0 fully saturated rings. The van der Waals surface area contributed by atoms with Crippen LogP contribution in [0.4, 0.5) is 0 Å². The normalized spacial score (nSPS) is 17.9. The maximum absolute atomic E-state index is 11.1. The highest BCUT2D eigenvalue weighted by Gasteiger charge is 2.42. The lowest BCUT2D eigenvalue weighted by Gasteiger charge is -2.29. The number of aromatic amines is 1. The number of fused-ring (bicyclic) bond motifs is 1. The monoisotopic (exact) mass is 265 g/mol. The van der Waals surface area contributed by atoms with E-state index >= 15 is 0 Å². The molecule has 6 heteroatoms. The number of carbonyl (C=O) groups is 1. The molecule has 0 aliphatic carbocycles. The number of hydrogen-bond acceptors (Lipinski definition) is 5. The Morgan fingerprint density at radius 3 is 2.58 bits per heavy atom. The highest BCUT2D eigenvalue weighted by atomic mass is 16.4. The highest BCUT2D eigenvalue weighted by Crippen LogP contribution is 2.27. The zero-order chi connectivity index (χ0) is 14.0. The lowest BCUT2D eigenvalue weighted by Crippen LogP contribution is -2.49. The van der Waals surface area contributed by atoms with Gasteiger partial charge in [0.1, 0.15) is 12.2 Å². The van der Waals surface area contributed by atoms with Crippen molar-refractivity contribution in [2.75, 3.05) is 6.61 Å². The average Bonchev–Trinajstić information content (AvgIpc) is 2.89. The summed E-state index contributed by atoms with van der Waals surface area (Å²) in [6.07, 6.45) is -3.31. The summed E-state index contributed by atoms with van der Waals surface area (Å²) in [6, 6.07) is 8.60. The Morgan fingerprint density at radius 1 is 1.32 bits per heavy atom. The molecule has 0 aliphatic rings. The molecule has 0 spiro atoms. The van der Waals surface area contributed by atoms with E-state index in [1.165, 1.54) is 6.07 Å². The Kier molecular flexibility index (Phi) is 3.68. The van der Waals surface area contributed by atoms with E-state index in [1.54, 1.807) is 24.3 Å². The van der Waals surface area contributed by atoms with Crippen LogP contribution >= 0.6 is 0 Å². The third kappa shape index (κ3) is 2.26. The van der Waals surface area contributed by atoms with Crippen molar-refractivity contribution in [3.05, 3.63) is 36.0 Å². The van der Waals surface area contributed by atoms with Crippen LogP contribution in [-0.2, 0) is 10.4 Å². The van der Waals surface area contributed by atoms with Crippen molar-refractivity contribution in [1.29, 1.82) is 0 Å². The highest BCUT2D eigenvalue weighted by molar-refractivity contribution is 5.82.